The molecule has 1 aromatic carbocycles. The zero-order valence-electron chi connectivity index (χ0n) is 16.0. The van der Waals surface area contributed by atoms with Crippen molar-refractivity contribution in [1.82, 2.24) is 19.7 Å². The van der Waals surface area contributed by atoms with E-state index in [9.17, 15) is 18.7 Å². The first kappa shape index (κ1) is 19.3. The molecule has 1 atom stereocenters. The molecule has 0 amide bonds. The van der Waals surface area contributed by atoms with Crippen molar-refractivity contribution in [2.24, 2.45) is 5.92 Å². The van der Waals surface area contributed by atoms with Crippen molar-refractivity contribution >= 4 is 17.0 Å². The summed E-state index contributed by atoms with van der Waals surface area (Å²) in [6, 6.07) is 6.17. The number of aliphatic hydroxyl groups is 1. The summed E-state index contributed by atoms with van der Waals surface area (Å²) in [6.07, 6.45) is 1.94. The number of hydrogen-bond donors (Lipinski definition) is 2. The summed E-state index contributed by atoms with van der Waals surface area (Å²) in [4.78, 5) is 21.5. The Morgan fingerprint density at radius 3 is 2.55 bits per heavy atom. The van der Waals surface area contributed by atoms with Crippen molar-refractivity contribution in [3.63, 3.8) is 0 Å². The number of hydrogen-bond acceptors (Lipinski definition) is 6. The summed E-state index contributed by atoms with van der Waals surface area (Å²) >= 11 is 0. The largest absolute Gasteiger partial charge is 0.435 e. The van der Waals surface area contributed by atoms with Gasteiger partial charge in [0, 0.05) is 14.1 Å². The van der Waals surface area contributed by atoms with Gasteiger partial charge in [0.2, 0.25) is 5.95 Å². The molecule has 154 valence electrons. The number of halogens is 2. The van der Waals surface area contributed by atoms with E-state index in [1.165, 1.54) is 12.1 Å². The van der Waals surface area contributed by atoms with Gasteiger partial charge in [0.05, 0.1) is 12.6 Å². The molecule has 1 aliphatic carbocycles. The van der Waals surface area contributed by atoms with Gasteiger partial charge in [-0.15, -0.1) is 0 Å². The standard InChI is InChI=1S/C19H21F2N5O3/c1-25(2)19-22-16-14(17(28)23-19)13(9-27)24-26(16)15(10-3-4-10)11-5-7-12(8-6-11)29-18(20)21/h5-8,10,15,18,27H,3-4,9H2,1-2H3,(H,22,23,28). The highest BCUT2D eigenvalue weighted by Crippen LogP contribution is 2.44. The molecule has 1 aliphatic rings. The molecule has 3 aromatic rings. The van der Waals surface area contributed by atoms with Crippen LogP contribution >= 0.6 is 0 Å². The maximum Gasteiger partial charge on any atom is 0.387 e. The molecule has 0 saturated heterocycles. The second kappa shape index (κ2) is 7.43. The number of ether oxygens (including phenoxy) is 1. The molecule has 29 heavy (non-hydrogen) atoms. The molecule has 0 bridgehead atoms. The summed E-state index contributed by atoms with van der Waals surface area (Å²) in [5.41, 5.74) is 1.11. The molecular weight excluding hydrogens is 384 g/mol. The van der Waals surface area contributed by atoms with Gasteiger partial charge in [-0.3, -0.25) is 9.78 Å². The Bertz CT molecular complexity index is 1070. The lowest BCUT2D eigenvalue weighted by atomic mass is 10.0. The molecule has 2 aromatic heterocycles. The number of aromatic amines is 1. The molecule has 10 heteroatoms. The molecule has 4 rings (SSSR count). The number of nitrogens with one attached hydrogen (secondary N) is 1. The van der Waals surface area contributed by atoms with E-state index >= 15 is 0 Å². The van der Waals surface area contributed by atoms with E-state index < -0.39 is 13.2 Å². The average molecular weight is 405 g/mol. The normalized spacial score (nSPS) is 15.1. The van der Waals surface area contributed by atoms with Crippen LogP contribution in [0.4, 0.5) is 14.7 Å². The molecule has 2 N–H and O–H groups in total. The Balaban J connectivity index is 1.85. The highest BCUT2D eigenvalue weighted by molar-refractivity contribution is 5.78. The summed E-state index contributed by atoms with van der Waals surface area (Å²) in [7, 11) is 3.52. The van der Waals surface area contributed by atoms with Crippen LogP contribution in [0.25, 0.3) is 11.0 Å². The Morgan fingerprint density at radius 1 is 1.31 bits per heavy atom. The van der Waals surface area contributed by atoms with Gasteiger partial charge in [0.25, 0.3) is 5.56 Å². The number of nitrogens with zero attached hydrogens (tertiary/aromatic N) is 4. The van der Waals surface area contributed by atoms with Crippen LogP contribution in [-0.2, 0) is 6.61 Å². The summed E-state index contributed by atoms with van der Waals surface area (Å²) < 4.78 is 31.0. The van der Waals surface area contributed by atoms with Gasteiger partial charge >= 0.3 is 6.61 Å². The number of aromatic nitrogens is 4. The molecule has 0 radical (unpaired) electrons. The van der Waals surface area contributed by atoms with Crippen LogP contribution in [0.1, 0.15) is 30.1 Å². The van der Waals surface area contributed by atoms with E-state index in [2.05, 4.69) is 19.8 Å². The zero-order chi connectivity index (χ0) is 20.7. The fourth-order valence-electron chi connectivity index (χ4n) is 3.49. The Morgan fingerprint density at radius 2 is 2.00 bits per heavy atom. The van der Waals surface area contributed by atoms with Crippen molar-refractivity contribution in [2.45, 2.75) is 32.1 Å². The number of benzene rings is 1. The number of alkyl halides is 2. The molecular formula is C19H21F2N5O3. The minimum Gasteiger partial charge on any atom is -0.435 e. The van der Waals surface area contributed by atoms with E-state index in [4.69, 9.17) is 0 Å². The Kier molecular flexibility index (Phi) is 4.95. The number of H-pyrrole nitrogens is 1. The van der Waals surface area contributed by atoms with Crippen molar-refractivity contribution < 1.29 is 18.6 Å². The van der Waals surface area contributed by atoms with Crippen LogP contribution in [0.15, 0.2) is 29.1 Å². The van der Waals surface area contributed by atoms with Gasteiger partial charge in [-0.2, -0.15) is 18.9 Å². The van der Waals surface area contributed by atoms with Crippen LogP contribution in [0.2, 0.25) is 0 Å². The highest BCUT2D eigenvalue weighted by Gasteiger charge is 2.36. The highest BCUT2D eigenvalue weighted by atomic mass is 19.3. The number of rotatable bonds is 7. The number of anilines is 1. The fourth-order valence-corrected chi connectivity index (χ4v) is 3.49. The summed E-state index contributed by atoms with van der Waals surface area (Å²) in [5.74, 6) is 0.725. The van der Waals surface area contributed by atoms with E-state index in [1.54, 1.807) is 35.8 Å². The second-order valence-electron chi connectivity index (χ2n) is 7.26. The van der Waals surface area contributed by atoms with Crippen LogP contribution in [0, 0.1) is 5.92 Å². The lowest BCUT2D eigenvalue weighted by Crippen LogP contribution is -2.20. The first-order valence-corrected chi connectivity index (χ1v) is 9.23. The topological polar surface area (TPSA) is 96.3 Å². The molecule has 0 aliphatic heterocycles. The molecule has 1 unspecified atom stereocenters. The summed E-state index contributed by atoms with van der Waals surface area (Å²) in [6.45, 7) is -3.28. The van der Waals surface area contributed by atoms with Crippen LogP contribution in [-0.4, -0.2) is 45.6 Å². The lowest BCUT2D eigenvalue weighted by Gasteiger charge is -2.19. The predicted molar refractivity (Wildman–Crippen MR) is 102 cm³/mol. The molecule has 1 saturated carbocycles. The van der Waals surface area contributed by atoms with E-state index in [0.29, 0.717) is 11.6 Å². The average Bonchev–Trinajstić information content (AvgIpc) is 3.44. The van der Waals surface area contributed by atoms with Crippen molar-refractivity contribution in [1.29, 1.82) is 0 Å². The third-order valence-corrected chi connectivity index (χ3v) is 4.97. The zero-order valence-corrected chi connectivity index (χ0v) is 16.0. The van der Waals surface area contributed by atoms with Gasteiger partial charge in [0.1, 0.15) is 16.8 Å². The maximum atomic E-state index is 12.6. The minimum absolute atomic E-state index is 0.0733. The molecule has 2 heterocycles. The van der Waals surface area contributed by atoms with Crippen LogP contribution in [0.3, 0.4) is 0 Å². The van der Waals surface area contributed by atoms with Gasteiger partial charge in [-0.25, -0.2) is 4.68 Å². The Labute approximate surface area is 164 Å². The fraction of sp³-hybridized carbons (Fsp3) is 0.421. The van der Waals surface area contributed by atoms with Gasteiger partial charge in [0.15, 0.2) is 5.65 Å². The third kappa shape index (κ3) is 3.67. The smallest absolute Gasteiger partial charge is 0.387 e. The van der Waals surface area contributed by atoms with Crippen LogP contribution < -0.4 is 15.2 Å². The number of fused-ring (bicyclic) bond motifs is 1. The molecule has 0 spiro atoms. The van der Waals surface area contributed by atoms with Gasteiger partial charge in [-0.05, 0) is 36.5 Å². The predicted octanol–water partition coefficient (Wildman–Crippen LogP) is 2.28. The first-order valence-electron chi connectivity index (χ1n) is 9.23. The van der Waals surface area contributed by atoms with Crippen molar-refractivity contribution in [3.8, 4) is 5.75 Å². The monoisotopic (exact) mass is 405 g/mol. The van der Waals surface area contributed by atoms with Crippen molar-refractivity contribution in [2.75, 3.05) is 19.0 Å². The quantitative estimate of drug-likeness (QED) is 0.626. The van der Waals surface area contributed by atoms with Gasteiger partial charge in [-0.1, -0.05) is 12.1 Å². The van der Waals surface area contributed by atoms with Crippen LogP contribution in [0.5, 0.6) is 5.75 Å². The SMILES string of the molecule is CN(C)c1nc2c(c(CO)nn2C(c2ccc(OC(F)F)cc2)C2CC2)c(=O)[nH]1. The number of aliphatic hydroxyl groups excluding tert-OH is 1. The molecule has 1 fully saturated rings. The minimum atomic E-state index is -2.89. The third-order valence-electron chi connectivity index (χ3n) is 4.97. The van der Waals surface area contributed by atoms with Crippen molar-refractivity contribution in [3.05, 3.63) is 45.9 Å². The summed E-state index contributed by atoms with van der Waals surface area (Å²) in [5, 5.41) is 14.5. The Hall–Kier alpha value is -3.01. The van der Waals surface area contributed by atoms with E-state index in [-0.39, 0.29) is 34.3 Å². The van der Waals surface area contributed by atoms with E-state index in [1.807, 2.05) is 0 Å². The molecule has 8 nitrogen and oxygen atoms in total. The lowest BCUT2D eigenvalue weighted by molar-refractivity contribution is -0.0498. The first-order chi connectivity index (χ1) is 13.9. The maximum absolute atomic E-state index is 12.6. The van der Waals surface area contributed by atoms with E-state index in [0.717, 1.165) is 18.4 Å². The van der Waals surface area contributed by atoms with Gasteiger partial charge < -0.3 is 14.7 Å². The second-order valence-corrected chi connectivity index (χ2v) is 7.26.